The highest BCUT2D eigenvalue weighted by atomic mass is 15.1. The van der Waals surface area contributed by atoms with Crippen LogP contribution in [0.15, 0.2) is 17.8 Å². The molecule has 1 aromatic heterocycles. The molecule has 0 bridgehead atoms. The molecule has 0 saturated carbocycles. The Balaban J connectivity index is 1.78. The monoisotopic (exact) mass is 204 g/mol. The first-order chi connectivity index (χ1) is 7.43. The van der Waals surface area contributed by atoms with Gasteiger partial charge >= 0.3 is 0 Å². The fourth-order valence-corrected chi connectivity index (χ4v) is 2.38. The summed E-state index contributed by atoms with van der Waals surface area (Å²) >= 11 is 0. The third kappa shape index (κ3) is 1.65. The maximum Gasteiger partial charge on any atom is 0.0761 e. The van der Waals surface area contributed by atoms with E-state index < -0.39 is 0 Å². The molecule has 1 aromatic rings. The number of rotatable bonds is 1. The van der Waals surface area contributed by atoms with Crippen molar-refractivity contribution in [3.05, 3.63) is 23.5 Å². The maximum absolute atomic E-state index is 4.06. The van der Waals surface area contributed by atoms with Gasteiger partial charge in [0.2, 0.25) is 0 Å². The van der Waals surface area contributed by atoms with E-state index in [0.29, 0.717) is 6.04 Å². The van der Waals surface area contributed by atoms with Crippen molar-refractivity contribution >= 4 is 5.69 Å². The SMILES string of the molecule is C1=C(C2CCc3[nH]ncc3N2)CNCC1. The molecule has 0 spiro atoms. The number of hydrogen-bond donors (Lipinski definition) is 3. The van der Waals surface area contributed by atoms with Gasteiger partial charge < -0.3 is 10.6 Å². The lowest BCUT2D eigenvalue weighted by Crippen LogP contribution is -2.34. The molecule has 0 saturated heterocycles. The molecule has 3 N–H and O–H groups in total. The number of nitrogens with zero attached hydrogens (tertiary/aromatic N) is 1. The third-order valence-corrected chi connectivity index (χ3v) is 3.24. The number of aromatic amines is 1. The highest BCUT2D eigenvalue weighted by Crippen LogP contribution is 2.26. The average Bonchev–Trinajstić information content (AvgIpc) is 2.77. The molecular formula is C11H16N4. The molecule has 1 atom stereocenters. The Hall–Kier alpha value is -1.29. The largest absolute Gasteiger partial charge is 0.376 e. The van der Waals surface area contributed by atoms with Crippen molar-refractivity contribution in [3.8, 4) is 0 Å². The number of H-pyrrole nitrogens is 1. The first-order valence-electron chi connectivity index (χ1n) is 5.62. The van der Waals surface area contributed by atoms with Crippen LogP contribution in [-0.4, -0.2) is 29.3 Å². The molecule has 80 valence electrons. The molecule has 0 fully saturated rings. The summed E-state index contributed by atoms with van der Waals surface area (Å²) in [7, 11) is 0. The molecule has 2 aliphatic rings. The quantitative estimate of drug-likeness (QED) is 0.599. The van der Waals surface area contributed by atoms with E-state index in [2.05, 4.69) is 26.9 Å². The van der Waals surface area contributed by atoms with Crippen LogP contribution >= 0.6 is 0 Å². The number of nitrogens with one attached hydrogen (secondary N) is 3. The highest BCUT2D eigenvalue weighted by molar-refractivity contribution is 5.51. The van der Waals surface area contributed by atoms with Crippen LogP contribution in [0, 0.1) is 0 Å². The van der Waals surface area contributed by atoms with Crippen LogP contribution in [0.25, 0.3) is 0 Å². The minimum Gasteiger partial charge on any atom is -0.376 e. The van der Waals surface area contributed by atoms with E-state index in [0.717, 1.165) is 25.9 Å². The maximum atomic E-state index is 4.06. The second-order valence-corrected chi connectivity index (χ2v) is 4.24. The van der Waals surface area contributed by atoms with Gasteiger partial charge in [-0.2, -0.15) is 5.10 Å². The zero-order valence-electron chi connectivity index (χ0n) is 8.71. The molecule has 4 nitrogen and oxygen atoms in total. The first kappa shape index (κ1) is 8.97. The Morgan fingerprint density at radius 3 is 3.27 bits per heavy atom. The summed E-state index contributed by atoms with van der Waals surface area (Å²) in [4.78, 5) is 0. The summed E-state index contributed by atoms with van der Waals surface area (Å²) in [5.74, 6) is 0. The van der Waals surface area contributed by atoms with Crippen LogP contribution in [-0.2, 0) is 6.42 Å². The van der Waals surface area contributed by atoms with Gasteiger partial charge in [0.15, 0.2) is 0 Å². The minimum atomic E-state index is 0.503. The number of anilines is 1. The number of hydrogen-bond acceptors (Lipinski definition) is 3. The molecule has 0 radical (unpaired) electrons. The van der Waals surface area contributed by atoms with Crippen molar-refractivity contribution in [1.29, 1.82) is 0 Å². The molecule has 0 amide bonds. The van der Waals surface area contributed by atoms with Crippen molar-refractivity contribution in [2.24, 2.45) is 0 Å². The predicted octanol–water partition coefficient (Wildman–Crippen LogP) is 1.06. The summed E-state index contributed by atoms with van der Waals surface area (Å²) < 4.78 is 0. The molecule has 0 aliphatic carbocycles. The van der Waals surface area contributed by atoms with Gasteiger partial charge in [0.25, 0.3) is 0 Å². The zero-order chi connectivity index (χ0) is 10.1. The number of aromatic nitrogens is 2. The smallest absolute Gasteiger partial charge is 0.0761 e. The average molecular weight is 204 g/mol. The van der Waals surface area contributed by atoms with Gasteiger partial charge in [-0.3, -0.25) is 5.10 Å². The molecule has 3 rings (SSSR count). The fourth-order valence-electron chi connectivity index (χ4n) is 2.38. The Labute approximate surface area is 89.1 Å². The van der Waals surface area contributed by atoms with E-state index in [-0.39, 0.29) is 0 Å². The second kappa shape index (κ2) is 3.70. The summed E-state index contributed by atoms with van der Waals surface area (Å²) in [6, 6.07) is 0.503. The van der Waals surface area contributed by atoms with E-state index in [1.54, 1.807) is 0 Å². The first-order valence-corrected chi connectivity index (χ1v) is 5.62. The van der Waals surface area contributed by atoms with Gasteiger partial charge in [-0.1, -0.05) is 6.08 Å². The Bertz CT molecular complexity index is 380. The van der Waals surface area contributed by atoms with Gasteiger partial charge in [-0.05, 0) is 31.4 Å². The minimum absolute atomic E-state index is 0.503. The van der Waals surface area contributed by atoms with Crippen LogP contribution < -0.4 is 10.6 Å². The van der Waals surface area contributed by atoms with Gasteiger partial charge in [0.05, 0.1) is 17.6 Å². The lowest BCUT2D eigenvalue weighted by Gasteiger charge is -2.28. The summed E-state index contributed by atoms with van der Waals surface area (Å²) in [5.41, 5.74) is 3.93. The Morgan fingerprint density at radius 2 is 2.40 bits per heavy atom. The van der Waals surface area contributed by atoms with Crippen molar-refractivity contribution in [2.45, 2.75) is 25.3 Å². The van der Waals surface area contributed by atoms with Crippen LogP contribution in [0.3, 0.4) is 0 Å². The second-order valence-electron chi connectivity index (χ2n) is 4.24. The molecule has 1 unspecified atom stereocenters. The van der Waals surface area contributed by atoms with E-state index in [9.17, 15) is 0 Å². The fraction of sp³-hybridized carbons (Fsp3) is 0.545. The van der Waals surface area contributed by atoms with Crippen LogP contribution in [0.1, 0.15) is 18.5 Å². The topological polar surface area (TPSA) is 52.7 Å². The van der Waals surface area contributed by atoms with Crippen molar-refractivity contribution < 1.29 is 0 Å². The van der Waals surface area contributed by atoms with E-state index in [1.807, 2.05) is 6.20 Å². The predicted molar refractivity (Wildman–Crippen MR) is 59.9 cm³/mol. The van der Waals surface area contributed by atoms with E-state index >= 15 is 0 Å². The third-order valence-electron chi connectivity index (χ3n) is 3.24. The van der Waals surface area contributed by atoms with Crippen LogP contribution in [0.2, 0.25) is 0 Å². The summed E-state index contributed by atoms with van der Waals surface area (Å²) in [6.07, 6.45) is 7.69. The van der Waals surface area contributed by atoms with Crippen molar-refractivity contribution in [3.63, 3.8) is 0 Å². The lowest BCUT2D eigenvalue weighted by atomic mass is 9.95. The number of fused-ring (bicyclic) bond motifs is 1. The Morgan fingerprint density at radius 1 is 1.40 bits per heavy atom. The molecule has 3 heterocycles. The van der Waals surface area contributed by atoms with E-state index in [4.69, 9.17) is 0 Å². The Kier molecular flexibility index (Phi) is 2.21. The molecule has 15 heavy (non-hydrogen) atoms. The molecule has 4 heteroatoms. The van der Waals surface area contributed by atoms with Crippen LogP contribution in [0.5, 0.6) is 0 Å². The normalized spacial score (nSPS) is 25.3. The molecular weight excluding hydrogens is 188 g/mol. The summed E-state index contributed by atoms with van der Waals surface area (Å²) in [6.45, 7) is 2.15. The van der Waals surface area contributed by atoms with Gasteiger partial charge in [-0.15, -0.1) is 0 Å². The van der Waals surface area contributed by atoms with E-state index in [1.165, 1.54) is 23.4 Å². The molecule has 0 aromatic carbocycles. The van der Waals surface area contributed by atoms with Crippen molar-refractivity contribution in [1.82, 2.24) is 15.5 Å². The van der Waals surface area contributed by atoms with Crippen LogP contribution in [0.4, 0.5) is 5.69 Å². The van der Waals surface area contributed by atoms with Crippen molar-refractivity contribution in [2.75, 3.05) is 18.4 Å². The van der Waals surface area contributed by atoms with Gasteiger partial charge in [0.1, 0.15) is 0 Å². The van der Waals surface area contributed by atoms with Gasteiger partial charge in [0, 0.05) is 12.6 Å². The zero-order valence-corrected chi connectivity index (χ0v) is 8.71. The standard InChI is InChI=1S/C11H16N4/c1-2-8(6-12-5-1)9-3-4-10-11(14-9)7-13-15-10/h2,7,9,12,14H,1,3-6H2,(H,13,15). The summed E-state index contributed by atoms with van der Waals surface area (Å²) in [5, 5.41) is 14.1. The number of aryl methyl sites for hydroxylation is 1. The highest BCUT2D eigenvalue weighted by Gasteiger charge is 2.22. The molecule has 2 aliphatic heterocycles. The lowest BCUT2D eigenvalue weighted by molar-refractivity contribution is 0.616. The van der Waals surface area contributed by atoms with Gasteiger partial charge in [-0.25, -0.2) is 0 Å².